The standard InChI is InChI=1S/C11H10B3FN2O11P2S/c1-2-4-3-17(8(20)16-7(4)31)10(12)6(19)5(18)9(15,26-10)11(13,14)27-30(24,25)28-29(21,22)23/h1,3,5-6,18-19H,(H,24,25)(H,16,20,31)(H2,21,22,23)/t5-,6+,9-,10-/m0/s1. The van der Waals surface area contributed by atoms with E-state index in [1.165, 1.54) is 0 Å². The lowest BCUT2D eigenvalue weighted by molar-refractivity contribution is -0.239. The molecule has 1 aromatic heterocycles. The van der Waals surface area contributed by atoms with Crippen LogP contribution in [-0.2, 0) is 28.3 Å². The molecular formula is C11H10B3FN2O11P2S. The first-order chi connectivity index (χ1) is 13.8. The lowest BCUT2D eigenvalue weighted by atomic mass is 9.59. The van der Waals surface area contributed by atoms with E-state index in [2.05, 4.69) is 14.8 Å². The fraction of sp³-hybridized carbons (Fsp3) is 0.455. The lowest BCUT2D eigenvalue weighted by Crippen LogP contribution is -2.60. The molecule has 1 fully saturated rings. The molecule has 6 radical (unpaired) electrons. The van der Waals surface area contributed by atoms with Crippen molar-refractivity contribution in [2.75, 3.05) is 0 Å². The minimum Gasteiger partial charge on any atom is -0.386 e. The number of nitrogens with zero attached hydrogens (tertiary/aromatic N) is 1. The Hall–Kier alpha value is -1.08. The maximum absolute atomic E-state index is 15.5. The van der Waals surface area contributed by atoms with E-state index in [0.29, 0.717) is 0 Å². The number of phosphoric acid groups is 2. The molecular weight excluding hydrogens is 482 g/mol. The third-order valence-electron chi connectivity index (χ3n) is 3.90. The van der Waals surface area contributed by atoms with Gasteiger partial charge in [0, 0.05) is 6.20 Å². The Bertz CT molecular complexity index is 1150. The van der Waals surface area contributed by atoms with Gasteiger partial charge in [0.25, 0.3) is 5.85 Å². The highest BCUT2D eigenvalue weighted by Gasteiger charge is 2.68. The molecule has 1 saturated heterocycles. The van der Waals surface area contributed by atoms with E-state index in [0.717, 1.165) is 6.20 Å². The molecule has 1 aliphatic heterocycles. The molecule has 0 amide bonds. The summed E-state index contributed by atoms with van der Waals surface area (Å²) in [6, 6.07) is 0. The number of halogens is 1. The van der Waals surface area contributed by atoms with Crippen LogP contribution < -0.4 is 5.69 Å². The maximum atomic E-state index is 15.5. The molecule has 2 heterocycles. The fourth-order valence-electron chi connectivity index (χ4n) is 2.53. The van der Waals surface area contributed by atoms with Crippen molar-refractivity contribution in [2.24, 2.45) is 0 Å². The van der Waals surface area contributed by atoms with Crippen LogP contribution in [0.3, 0.4) is 0 Å². The molecule has 0 saturated carbocycles. The summed E-state index contributed by atoms with van der Waals surface area (Å²) in [6.07, 6.45) is 0.533. The van der Waals surface area contributed by atoms with Crippen LogP contribution in [0.5, 0.6) is 0 Å². The Morgan fingerprint density at radius 2 is 1.90 bits per heavy atom. The molecule has 5 atom stereocenters. The predicted octanol–water partition coefficient (Wildman–Crippen LogP) is -2.70. The van der Waals surface area contributed by atoms with Crippen LogP contribution >= 0.6 is 27.9 Å². The minimum absolute atomic E-state index is 0.181. The van der Waals surface area contributed by atoms with Gasteiger partial charge in [-0.15, -0.1) is 6.42 Å². The highest BCUT2D eigenvalue weighted by molar-refractivity contribution is 7.71. The number of hydrogen-bond donors (Lipinski definition) is 6. The lowest BCUT2D eigenvalue weighted by Gasteiger charge is -2.41. The largest absolute Gasteiger partial charge is 0.480 e. The molecule has 0 bridgehead atoms. The summed E-state index contributed by atoms with van der Waals surface area (Å²) in [4.78, 5) is 40.8. The second-order valence-corrected chi connectivity index (χ2v) is 9.29. The van der Waals surface area contributed by atoms with E-state index in [9.17, 15) is 29.0 Å². The highest BCUT2D eigenvalue weighted by Crippen LogP contribution is 2.61. The average molecular weight is 492 g/mol. The molecule has 2 rings (SSSR count). The van der Waals surface area contributed by atoms with Gasteiger partial charge in [0.05, 0.1) is 11.0 Å². The van der Waals surface area contributed by atoms with Crippen LogP contribution in [-0.4, -0.2) is 81.4 Å². The van der Waals surface area contributed by atoms with Crippen molar-refractivity contribution in [3.05, 3.63) is 26.9 Å². The van der Waals surface area contributed by atoms with Gasteiger partial charge < -0.3 is 29.6 Å². The van der Waals surface area contributed by atoms with E-state index < -0.39 is 50.4 Å². The van der Waals surface area contributed by atoms with E-state index in [-0.39, 0.29) is 14.8 Å². The molecule has 0 aromatic carbocycles. The van der Waals surface area contributed by atoms with Crippen molar-refractivity contribution in [1.82, 2.24) is 9.55 Å². The number of aromatic nitrogens is 2. The van der Waals surface area contributed by atoms with Crippen LogP contribution in [0.25, 0.3) is 0 Å². The van der Waals surface area contributed by atoms with Gasteiger partial charge in [0.15, 0.2) is 0 Å². The zero-order valence-corrected chi connectivity index (χ0v) is 17.5. The number of rotatable bonds is 6. The van der Waals surface area contributed by atoms with Crippen LogP contribution in [0.4, 0.5) is 4.39 Å². The molecule has 6 N–H and O–H groups in total. The number of nitrogens with one attached hydrogen (secondary N) is 1. The molecule has 1 unspecified atom stereocenters. The van der Waals surface area contributed by atoms with Gasteiger partial charge in [0.2, 0.25) is 0 Å². The van der Waals surface area contributed by atoms with E-state index >= 15 is 4.39 Å². The number of aliphatic hydroxyl groups excluding tert-OH is 2. The van der Waals surface area contributed by atoms with Gasteiger partial charge in [0.1, 0.15) is 46.0 Å². The number of terminal acetylenes is 1. The smallest absolute Gasteiger partial charge is 0.386 e. The predicted molar refractivity (Wildman–Crippen MR) is 103 cm³/mol. The van der Waals surface area contributed by atoms with Crippen molar-refractivity contribution >= 4 is 51.4 Å². The molecule has 31 heavy (non-hydrogen) atoms. The average Bonchev–Trinajstić information content (AvgIpc) is 2.74. The first-order valence-electron chi connectivity index (χ1n) is 7.55. The summed E-state index contributed by atoms with van der Waals surface area (Å²) in [6.45, 7) is 0. The van der Waals surface area contributed by atoms with Crippen molar-refractivity contribution < 1.29 is 52.0 Å². The van der Waals surface area contributed by atoms with Crippen molar-refractivity contribution in [3.63, 3.8) is 0 Å². The Morgan fingerprint density at radius 3 is 2.39 bits per heavy atom. The van der Waals surface area contributed by atoms with E-state index in [4.69, 9.17) is 56.7 Å². The maximum Gasteiger partial charge on any atom is 0.480 e. The van der Waals surface area contributed by atoms with Gasteiger partial charge >= 0.3 is 21.3 Å². The first kappa shape index (κ1) is 26.2. The summed E-state index contributed by atoms with van der Waals surface area (Å²) in [5.41, 5.74) is -4.40. The van der Waals surface area contributed by atoms with Crippen LogP contribution in [0.1, 0.15) is 5.56 Å². The van der Waals surface area contributed by atoms with Crippen molar-refractivity contribution in [3.8, 4) is 12.3 Å². The van der Waals surface area contributed by atoms with E-state index in [1.807, 2.05) is 4.98 Å². The quantitative estimate of drug-likeness (QED) is 0.104. The Balaban J connectivity index is 2.55. The number of alkyl halides is 1. The molecule has 1 aliphatic rings. The number of phosphoric ester groups is 1. The van der Waals surface area contributed by atoms with Crippen LogP contribution in [0.15, 0.2) is 11.0 Å². The zero-order valence-electron chi connectivity index (χ0n) is 14.9. The Kier molecular flexibility index (Phi) is 6.80. The number of ether oxygens (including phenoxy) is 1. The highest BCUT2D eigenvalue weighted by atomic mass is 32.1. The summed E-state index contributed by atoms with van der Waals surface area (Å²) < 4.78 is 50.2. The third-order valence-corrected chi connectivity index (χ3v) is 6.43. The SMILES string of the molecule is [B]C([B])(OP(=O)(O)OP(=O)(O)O)[C@@]1(F)O[C@@]([B])(n2cc(C#C)c(=S)[nH]c2=O)[C@H](O)[C@@H]1O. The third kappa shape index (κ3) is 4.82. The van der Waals surface area contributed by atoms with Crippen LogP contribution in [0.2, 0.25) is 0 Å². The molecule has 0 spiro atoms. The van der Waals surface area contributed by atoms with Gasteiger partial charge in [-0.2, -0.15) is 4.31 Å². The summed E-state index contributed by atoms with van der Waals surface area (Å²) >= 11 is 4.79. The van der Waals surface area contributed by atoms with Crippen molar-refractivity contribution in [2.45, 2.75) is 29.1 Å². The number of hydrogen-bond acceptors (Lipinski definition) is 9. The molecule has 1 aromatic rings. The van der Waals surface area contributed by atoms with Gasteiger partial charge in [-0.1, -0.05) is 18.1 Å². The first-order valence-corrected chi connectivity index (χ1v) is 11.0. The Morgan fingerprint density at radius 1 is 1.35 bits per heavy atom. The van der Waals surface area contributed by atoms with Crippen molar-refractivity contribution in [1.29, 1.82) is 0 Å². The van der Waals surface area contributed by atoms with E-state index in [1.54, 1.807) is 0 Å². The second-order valence-electron chi connectivity index (χ2n) is 6.13. The summed E-state index contributed by atoms with van der Waals surface area (Å²) in [5, 5.41) is 16.6. The normalized spacial score (nSPS) is 31.1. The topological polar surface area (TPSA) is 201 Å². The van der Waals surface area contributed by atoms with Gasteiger partial charge in [-0.05, 0) is 0 Å². The summed E-state index contributed by atoms with van der Waals surface area (Å²) in [7, 11) is 4.67. The van der Waals surface area contributed by atoms with Crippen LogP contribution in [0, 0.1) is 17.0 Å². The fourth-order valence-corrected chi connectivity index (χ4v) is 4.44. The minimum atomic E-state index is -5.90. The molecule has 20 heteroatoms. The number of aliphatic hydroxyl groups is 2. The second kappa shape index (κ2) is 8.05. The van der Waals surface area contributed by atoms with Gasteiger partial charge in [-0.3, -0.25) is 14.1 Å². The monoisotopic (exact) mass is 492 g/mol. The van der Waals surface area contributed by atoms with Gasteiger partial charge in [-0.25, -0.2) is 18.3 Å². The zero-order chi connectivity index (χ0) is 24.2. The number of aromatic amines is 1. The summed E-state index contributed by atoms with van der Waals surface area (Å²) in [5.74, 6) is -2.03. The molecule has 162 valence electrons. The Labute approximate surface area is 181 Å². The molecule has 13 nitrogen and oxygen atoms in total. The molecule has 0 aliphatic carbocycles. The number of H-pyrrole nitrogens is 1.